The molecule has 0 aromatic carbocycles. The highest BCUT2D eigenvalue weighted by atomic mass is 32.2. The van der Waals surface area contributed by atoms with Crippen LogP contribution < -0.4 is 0 Å². The van der Waals surface area contributed by atoms with Crippen LogP contribution >= 0.6 is 12.2 Å². The Kier molecular flexibility index (Phi) is 2.38. The molecule has 0 spiro atoms. The molecule has 0 saturated carbocycles. The van der Waals surface area contributed by atoms with Gasteiger partial charge in [0.15, 0.2) is 5.65 Å². The molecule has 8 nitrogen and oxygen atoms in total. The topological polar surface area (TPSA) is 110 Å². The van der Waals surface area contributed by atoms with Gasteiger partial charge >= 0.3 is 10.0 Å². The maximum atomic E-state index is 11.3. The van der Waals surface area contributed by atoms with Crippen molar-refractivity contribution in [2.24, 2.45) is 4.40 Å². The van der Waals surface area contributed by atoms with Gasteiger partial charge in [-0.3, -0.25) is 5.10 Å². The first kappa shape index (κ1) is 10.6. The highest BCUT2D eigenvalue weighted by Crippen LogP contribution is 2.06. The van der Waals surface area contributed by atoms with Crippen LogP contribution in [0.15, 0.2) is 21.9 Å². The summed E-state index contributed by atoms with van der Waals surface area (Å²) in [6.07, 6.45) is 2.10. The molecule has 1 N–H and O–H groups in total. The van der Waals surface area contributed by atoms with E-state index in [0.29, 0.717) is 4.64 Å². The molecule has 0 aliphatic rings. The van der Waals surface area contributed by atoms with Crippen LogP contribution in [0.3, 0.4) is 0 Å². The molecule has 2 aromatic rings. The van der Waals surface area contributed by atoms with Crippen molar-refractivity contribution >= 4 is 34.0 Å². The second-order valence-corrected chi connectivity index (χ2v) is 4.58. The van der Waals surface area contributed by atoms with Gasteiger partial charge in [0, 0.05) is 6.07 Å². The maximum absolute atomic E-state index is 11.3. The summed E-state index contributed by atoms with van der Waals surface area (Å²) in [6, 6.07) is 1.45. The average Bonchev–Trinajstić information content (AvgIpc) is 2.56. The Morgan fingerprint density at radius 2 is 2.31 bits per heavy atom. The normalized spacial score (nSPS) is 11.2. The van der Waals surface area contributed by atoms with Crippen molar-refractivity contribution in [2.75, 3.05) is 0 Å². The lowest BCUT2D eigenvalue weighted by molar-refractivity contribution is 0.562. The third-order valence-corrected chi connectivity index (χ3v) is 2.80. The fourth-order valence-electron chi connectivity index (χ4n) is 1.02. The molecule has 0 fully saturated rings. The predicted molar refractivity (Wildman–Crippen MR) is 53.5 cm³/mol. The van der Waals surface area contributed by atoms with Gasteiger partial charge in [-0.2, -0.15) is 13.4 Å². The van der Waals surface area contributed by atoms with Gasteiger partial charge in [0.05, 0.1) is 0 Å². The first-order valence-electron chi connectivity index (χ1n) is 3.81. The van der Waals surface area contributed by atoms with Crippen LogP contribution in [0, 0.1) is 4.64 Å². The maximum Gasteiger partial charge on any atom is 0.328 e. The van der Waals surface area contributed by atoms with Gasteiger partial charge in [-0.25, -0.2) is 14.3 Å². The van der Waals surface area contributed by atoms with E-state index in [0.717, 1.165) is 6.08 Å². The van der Waals surface area contributed by atoms with Crippen molar-refractivity contribution in [1.29, 1.82) is 0 Å². The van der Waals surface area contributed by atoms with Gasteiger partial charge < -0.3 is 0 Å². The minimum absolute atomic E-state index is 0.264. The van der Waals surface area contributed by atoms with Crippen LogP contribution in [0.5, 0.6) is 0 Å². The molecule has 16 heavy (non-hydrogen) atoms. The summed E-state index contributed by atoms with van der Waals surface area (Å²) in [5, 5.41) is 2.09. The van der Waals surface area contributed by atoms with E-state index in [-0.39, 0.29) is 5.65 Å². The summed E-state index contributed by atoms with van der Waals surface area (Å²) in [7, 11) is -4.17. The summed E-state index contributed by atoms with van der Waals surface area (Å²) >= 11 is 4.82. The Hall–Kier alpha value is -1.90. The van der Waals surface area contributed by atoms with E-state index < -0.39 is 15.2 Å². The molecule has 0 bridgehead atoms. The number of nitrogens with zero attached hydrogens (tertiary/aromatic N) is 4. The lowest BCUT2D eigenvalue weighted by Crippen LogP contribution is -2.05. The number of H-pyrrole nitrogens is 1. The van der Waals surface area contributed by atoms with Crippen molar-refractivity contribution in [2.45, 2.75) is 5.16 Å². The molecule has 2 heterocycles. The van der Waals surface area contributed by atoms with E-state index in [1.807, 2.05) is 0 Å². The van der Waals surface area contributed by atoms with E-state index >= 15 is 0 Å². The number of aromatic amines is 1. The Labute approximate surface area is 93.7 Å². The SMILES string of the molecule is O=C=NS(=O)(=O)c1ncn2[nH]c(=S)cc2n1. The standard InChI is InChI=1S/C6H3N5O3S2/c12-3-8-16(13,14)6-7-2-11-4(9-6)1-5(15)10-11/h1-2H,(H,10,15). The van der Waals surface area contributed by atoms with Gasteiger partial charge in [-0.1, -0.05) is 16.6 Å². The Balaban J connectivity index is 2.72. The predicted octanol–water partition coefficient (Wildman–Crippen LogP) is -0.189. The van der Waals surface area contributed by atoms with E-state index in [2.05, 4.69) is 19.5 Å². The number of nitrogens with one attached hydrogen (secondary N) is 1. The van der Waals surface area contributed by atoms with Crippen LogP contribution in [-0.4, -0.2) is 34.1 Å². The minimum Gasteiger partial charge on any atom is -0.281 e. The second-order valence-electron chi connectivity index (χ2n) is 2.65. The van der Waals surface area contributed by atoms with Crippen LogP contribution in [-0.2, 0) is 14.8 Å². The van der Waals surface area contributed by atoms with Gasteiger partial charge in [0.1, 0.15) is 11.0 Å². The molecule has 2 rings (SSSR count). The molecule has 2 aromatic heterocycles. The monoisotopic (exact) mass is 257 g/mol. The molecule has 0 unspecified atom stereocenters. The van der Waals surface area contributed by atoms with Gasteiger partial charge in [0.2, 0.25) is 0 Å². The van der Waals surface area contributed by atoms with E-state index in [9.17, 15) is 13.2 Å². The molecule has 0 amide bonds. The molecule has 0 atom stereocenters. The fraction of sp³-hybridized carbons (Fsp3) is 0. The summed E-state index contributed by atoms with van der Waals surface area (Å²) in [4.78, 5) is 17.1. The first-order chi connectivity index (χ1) is 7.53. The smallest absolute Gasteiger partial charge is 0.281 e. The van der Waals surface area contributed by atoms with E-state index in [4.69, 9.17) is 12.2 Å². The molecule has 0 saturated heterocycles. The number of rotatable bonds is 2. The Morgan fingerprint density at radius 3 is 3.00 bits per heavy atom. The summed E-state index contributed by atoms with van der Waals surface area (Å²) < 4.78 is 26.9. The van der Waals surface area contributed by atoms with Crippen molar-refractivity contribution < 1.29 is 13.2 Å². The number of sulfonamides is 1. The number of aromatic nitrogens is 4. The molecular weight excluding hydrogens is 254 g/mol. The lowest BCUT2D eigenvalue weighted by atomic mass is 10.7. The van der Waals surface area contributed by atoms with Crippen LogP contribution in [0.4, 0.5) is 0 Å². The van der Waals surface area contributed by atoms with E-state index in [1.165, 1.54) is 16.9 Å². The van der Waals surface area contributed by atoms with Crippen LogP contribution in [0.2, 0.25) is 0 Å². The molecule has 82 valence electrons. The number of isocyanates is 1. The van der Waals surface area contributed by atoms with Crippen molar-refractivity contribution in [1.82, 2.24) is 19.6 Å². The van der Waals surface area contributed by atoms with Crippen molar-refractivity contribution in [3.8, 4) is 0 Å². The highest BCUT2D eigenvalue weighted by molar-refractivity contribution is 7.90. The quantitative estimate of drug-likeness (QED) is 0.453. The van der Waals surface area contributed by atoms with Crippen molar-refractivity contribution in [3.05, 3.63) is 17.0 Å². The summed E-state index contributed by atoms with van der Waals surface area (Å²) in [5.74, 6) is 0. The molecule has 0 aliphatic carbocycles. The average molecular weight is 257 g/mol. The largest absolute Gasteiger partial charge is 0.328 e. The van der Waals surface area contributed by atoms with Gasteiger partial charge in [-0.15, -0.1) is 0 Å². The molecule has 0 aliphatic heterocycles. The zero-order valence-corrected chi connectivity index (χ0v) is 9.12. The fourth-order valence-corrected chi connectivity index (χ4v) is 1.79. The Morgan fingerprint density at radius 1 is 1.56 bits per heavy atom. The van der Waals surface area contributed by atoms with Crippen LogP contribution in [0.25, 0.3) is 5.65 Å². The number of hydrogen-bond donors (Lipinski definition) is 1. The molecule has 10 heteroatoms. The zero-order valence-electron chi connectivity index (χ0n) is 7.48. The third kappa shape index (κ3) is 1.76. The van der Waals surface area contributed by atoms with Gasteiger partial charge in [-0.05, 0) is 0 Å². The zero-order chi connectivity index (χ0) is 11.8. The number of hydrogen-bond acceptors (Lipinski definition) is 6. The lowest BCUT2D eigenvalue weighted by Gasteiger charge is -1.95. The number of fused-ring (bicyclic) bond motifs is 1. The van der Waals surface area contributed by atoms with E-state index in [1.54, 1.807) is 0 Å². The van der Waals surface area contributed by atoms with Crippen LogP contribution in [0.1, 0.15) is 0 Å². The summed E-state index contributed by atoms with van der Waals surface area (Å²) in [6.45, 7) is 0. The first-order valence-corrected chi connectivity index (χ1v) is 5.66. The van der Waals surface area contributed by atoms with Gasteiger partial charge in [0.25, 0.3) is 11.2 Å². The Bertz CT molecular complexity index is 752. The molecule has 0 radical (unpaired) electrons. The second kappa shape index (κ2) is 3.59. The summed E-state index contributed by atoms with van der Waals surface area (Å²) in [5.41, 5.74) is 0.264. The third-order valence-electron chi connectivity index (χ3n) is 1.62. The molecular formula is C6H3N5O3S2. The minimum atomic E-state index is -4.17. The number of carbonyl (C=O) groups excluding carboxylic acids is 1. The highest BCUT2D eigenvalue weighted by Gasteiger charge is 2.17. The van der Waals surface area contributed by atoms with Crippen molar-refractivity contribution in [3.63, 3.8) is 0 Å².